The lowest BCUT2D eigenvalue weighted by Crippen LogP contribution is -2.35. The van der Waals surface area contributed by atoms with Crippen molar-refractivity contribution in [3.8, 4) is 0 Å². The molecule has 0 bridgehead atoms. The Balaban J connectivity index is 1.87. The summed E-state index contributed by atoms with van der Waals surface area (Å²) < 4.78 is 0. The minimum Gasteiger partial charge on any atom is -0.481 e. The molecule has 0 aliphatic heterocycles. The SMILES string of the molecule is CC1(C)C[C@@H]1C(=O)NCC(Cc1ccccc1)C(=O)O. The van der Waals surface area contributed by atoms with Gasteiger partial charge in [0.1, 0.15) is 0 Å². The van der Waals surface area contributed by atoms with Crippen molar-refractivity contribution in [1.29, 1.82) is 0 Å². The first-order chi connectivity index (χ1) is 9.40. The van der Waals surface area contributed by atoms with Gasteiger partial charge in [0.05, 0.1) is 5.92 Å². The van der Waals surface area contributed by atoms with Crippen molar-refractivity contribution in [2.75, 3.05) is 6.54 Å². The lowest BCUT2D eigenvalue weighted by Gasteiger charge is -2.14. The molecule has 2 atom stereocenters. The van der Waals surface area contributed by atoms with Crippen LogP contribution >= 0.6 is 0 Å². The summed E-state index contributed by atoms with van der Waals surface area (Å²) >= 11 is 0. The first kappa shape index (κ1) is 14.6. The normalized spacial score (nSPS) is 21.0. The monoisotopic (exact) mass is 275 g/mol. The molecule has 108 valence electrons. The molecule has 1 unspecified atom stereocenters. The van der Waals surface area contributed by atoms with E-state index in [1.54, 1.807) is 0 Å². The van der Waals surface area contributed by atoms with E-state index >= 15 is 0 Å². The van der Waals surface area contributed by atoms with Crippen molar-refractivity contribution in [1.82, 2.24) is 5.32 Å². The third-order valence-corrected chi connectivity index (χ3v) is 4.03. The maximum absolute atomic E-state index is 11.9. The molecule has 0 heterocycles. The summed E-state index contributed by atoms with van der Waals surface area (Å²) in [5.41, 5.74) is 1.04. The molecule has 1 aromatic rings. The van der Waals surface area contributed by atoms with Crippen LogP contribution in [-0.2, 0) is 16.0 Å². The number of hydrogen-bond acceptors (Lipinski definition) is 2. The van der Waals surface area contributed by atoms with Crippen LogP contribution in [-0.4, -0.2) is 23.5 Å². The molecule has 1 fully saturated rings. The van der Waals surface area contributed by atoms with E-state index in [0.717, 1.165) is 12.0 Å². The Morgan fingerprint density at radius 3 is 2.45 bits per heavy atom. The molecule has 0 aromatic heterocycles. The Hall–Kier alpha value is -1.84. The van der Waals surface area contributed by atoms with Crippen LogP contribution in [0.4, 0.5) is 0 Å². The molecule has 2 rings (SSSR count). The molecule has 4 heteroatoms. The van der Waals surface area contributed by atoms with Crippen LogP contribution in [0.3, 0.4) is 0 Å². The highest BCUT2D eigenvalue weighted by molar-refractivity contribution is 5.83. The third-order valence-electron chi connectivity index (χ3n) is 4.03. The van der Waals surface area contributed by atoms with Gasteiger partial charge in [-0.1, -0.05) is 44.2 Å². The van der Waals surface area contributed by atoms with E-state index in [0.29, 0.717) is 6.42 Å². The highest BCUT2D eigenvalue weighted by Crippen LogP contribution is 2.51. The predicted octanol–water partition coefficient (Wildman–Crippen LogP) is 2.09. The zero-order valence-electron chi connectivity index (χ0n) is 11.9. The van der Waals surface area contributed by atoms with E-state index in [4.69, 9.17) is 0 Å². The van der Waals surface area contributed by atoms with Gasteiger partial charge in [-0.3, -0.25) is 9.59 Å². The second-order valence-corrected chi connectivity index (χ2v) is 6.22. The number of aliphatic carboxylic acids is 1. The Kier molecular flexibility index (Phi) is 4.12. The van der Waals surface area contributed by atoms with Crippen LogP contribution in [0.2, 0.25) is 0 Å². The van der Waals surface area contributed by atoms with Crippen LogP contribution in [0.15, 0.2) is 30.3 Å². The number of rotatable bonds is 6. The third kappa shape index (κ3) is 3.59. The van der Waals surface area contributed by atoms with Gasteiger partial charge in [-0.05, 0) is 23.8 Å². The Morgan fingerprint density at radius 1 is 1.35 bits per heavy atom. The topological polar surface area (TPSA) is 66.4 Å². The molecule has 1 aliphatic rings. The molecule has 1 amide bonds. The van der Waals surface area contributed by atoms with E-state index < -0.39 is 11.9 Å². The molecule has 4 nitrogen and oxygen atoms in total. The van der Waals surface area contributed by atoms with Gasteiger partial charge < -0.3 is 10.4 Å². The van der Waals surface area contributed by atoms with Gasteiger partial charge in [0.15, 0.2) is 0 Å². The first-order valence-corrected chi connectivity index (χ1v) is 6.94. The van der Waals surface area contributed by atoms with Crippen LogP contribution in [0.1, 0.15) is 25.8 Å². The van der Waals surface area contributed by atoms with Crippen LogP contribution in [0.5, 0.6) is 0 Å². The van der Waals surface area contributed by atoms with Gasteiger partial charge in [0.25, 0.3) is 0 Å². The van der Waals surface area contributed by atoms with Gasteiger partial charge in [-0.2, -0.15) is 0 Å². The van der Waals surface area contributed by atoms with Crippen LogP contribution in [0.25, 0.3) is 0 Å². The quantitative estimate of drug-likeness (QED) is 0.835. The number of carboxylic acids is 1. The maximum Gasteiger partial charge on any atom is 0.308 e. The van der Waals surface area contributed by atoms with Gasteiger partial charge in [-0.15, -0.1) is 0 Å². The zero-order chi connectivity index (χ0) is 14.8. The number of benzene rings is 1. The zero-order valence-corrected chi connectivity index (χ0v) is 11.9. The summed E-state index contributed by atoms with van der Waals surface area (Å²) in [6.45, 7) is 4.29. The van der Waals surface area contributed by atoms with Gasteiger partial charge in [-0.25, -0.2) is 0 Å². The van der Waals surface area contributed by atoms with Crippen LogP contribution in [0, 0.1) is 17.3 Å². The number of carboxylic acid groups (broad SMARTS) is 1. The van der Waals surface area contributed by atoms with Crippen molar-refractivity contribution in [2.45, 2.75) is 26.7 Å². The van der Waals surface area contributed by atoms with Gasteiger partial charge >= 0.3 is 5.97 Å². The number of carbonyl (C=O) groups is 2. The molecule has 0 radical (unpaired) electrons. The van der Waals surface area contributed by atoms with Crippen molar-refractivity contribution in [3.63, 3.8) is 0 Å². The number of hydrogen-bond donors (Lipinski definition) is 2. The molecule has 0 spiro atoms. The van der Waals surface area contributed by atoms with Crippen molar-refractivity contribution < 1.29 is 14.7 Å². The molecular formula is C16H21NO3. The fourth-order valence-electron chi connectivity index (χ4n) is 2.41. The van der Waals surface area contributed by atoms with Crippen molar-refractivity contribution >= 4 is 11.9 Å². The van der Waals surface area contributed by atoms with Gasteiger partial charge in [0, 0.05) is 12.5 Å². The Bertz CT molecular complexity index is 496. The summed E-state index contributed by atoms with van der Waals surface area (Å²) in [7, 11) is 0. The molecule has 20 heavy (non-hydrogen) atoms. The number of nitrogens with one attached hydrogen (secondary N) is 1. The molecule has 1 aromatic carbocycles. The minimum absolute atomic E-state index is 0.0192. The molecule has 1 saturated carbocycles. The molecular weight excluding hydrogens is 254 g/mol. The highest BCUT2D eigenvalue weighted by Gasteiger charge is 2.50. The average molecular weight is 275 g/mol. The van der Waals surface area contributed by atoms with E-state index in [-0.39, 0.29) is 23.8 Å². The Morgan fingerprint density at radius 2 is 1.95 bits per heavy atom. The lowest BCUT2D eigenvalue weighted by atomic mass is 9.99. The highest BCUT2D eigenvalue weighted by atomic mass is 16.4. The summed E-state index contributed by atoms with van der Waals surface area (Å²) in [6.07, 6.45) is 1.32. The maximum atomic E-state index is 11.9. The summed E-state index contributed by atoms with van der Waals surface area (Å²) in [5.74, 6) is -1.43. The molecule has 1 aliphatic carbocycles. The second kappa shape index (κ2) is 5.65. The predicted molar refractivity (Wildman–Crippen MR) is 76.2 cm³/mol. The summed E-state index contributed by atoms with van der Waals surface area (Å²) in [5, 5.41) is 12.0. The van der Waals surface area contributed by atoms with E-state index in [9.17, 15) is 14.7 Å². The van der Waals surface area contributed by atoms with Crippen LogP contribution < -0.4 is 5.32 Å². The van der Waals surface area contributed by atoms with E-state index in [1.807, 2.05) is 30.3 Å². The smallest absolute Gasteiger partial charge is 0.308 e. The first-order valence-electron chi connectivity index (χ1n) is 6.94. The fourth-order valence-corrected chi connectivity index (χ4v) is 2.41. The average Bonchev–Trinajstić information content (AvgIpc) is 3.04. The molecule has 2 N–H and O–H groups in total. The van der Waals surface area contributed by atoms with Crippen molar-refractivity contribution in [2.24, 2.45) is 17.3 Å². The van der Waals surface area contributed by atoms with Gasteiger partial charge in [0.2, 0.25) is 5.91 Å². The summed E-state index contributed by atoms with van der Waals surface area (Å²) in [4.78, 5) is 23.2. The minimum atomic E-state index is -0.871. The second-order valence-electron chi connectivity index (χ2n) is 6.22. The molecule has 0 saturated heterocycles. The van der Waals surface area contributed by atoms with E-state index in [1.165, 1.54) is 0 Å². The van der Waals surface area contributed by atoms with Crippen molar-refractivity contribution in [3.05, 3.63) is 35.9 Å². The number of amides is 1. The van der Waals surface area contributed by atoms with E-state index in [2.05, 4.69) is 19.2 Å². The standard InChI is InChI=1S/C16H21NO3/c1-16(2)9-13(16)14(18)17-10-12(15(19)20)8-11-6-4-3-5-7-11/h3-7,12-13H,8-10H2,1-2H3,(H,17,18)(H,19,20)/t12?,13-/m1/s1. The number of carbonyl (C=O) groups excluding carboxylic acids is 1. The Labute approximate surface area is 119 Å². The summed E-state index contributed by atoms with van der Waals surface area (Å²) in [6, 6.07) is 9.48. The largest absolute Gasteiger partial charge is 0.481 e. The fraction of sp³-hybridized carbons (Fsp3) is 0.500. The lowest BCUT2D eigenvalue weighted by molar-refractivity contribution is -0.141.